The lowest BCUT2D eigenvalue weighted by molar-refractivity contribution is -0.136. The van der Waals surface area contributed by atoms with Gasteiger partial charge in [-0.15, -0.1) is 0 Å². The second kappa shape index (κ2) is 9.48. The molecule has 0 bridgehead atoms. The molecule has 2 aromatic rings. The number of esters is 1. The number of hydrogen-bond acceptors (Lipinski definition) is 6. The van der Waals surface area contributed by atoms with E-state index in [0.29, 0.717) is 34.8 Å². The van der Waals surface area contributed by atoms with Crippen LogP contribution in [0.15, 0.2) is 65.0 Å². The minimum Gasteiger partial charge on any atom is -0.496 e. The molecule has 0 saturated heterocycles. The summed E-state index contributed by atoms with van der Waals surface area (Å²) in [5.74, 6) is -0.206. The van der Waals surface area contributed by atoms with Gasteiger partial charge in [-0.2, -0.15) is 0 Å². The van der Waals surface area contributed by atoms with Gasteiger partial charge in [-0.25, -0.2) is 9.18 Å². The van der Waals surface area contributed by atoms with E-state index in [-0.39, 0.29) is 18.2 Å². The highest BCUT2D eigenvalue weighted by Gasteiger charge is 2.39. The number of hydrogen-bond donors (Lipinski definition) is 1. The number of methoxy groups -OCH3 is 2. The van der Waals surface area contributed by atoms with Crippen molar-refractivity contribution < 1.29 is 28.2 Å². The third-order valence-corrected chi connectivity index (χ3v) is 6.03. The summed E-state index contributed by atoms with van der Waals surface area (Å²) in [6.45, 7) is 2.04. The number of rotatable bonds is 6. The summed E-state index contributed by atoms with van der Waals surface area (Å²) in [7, 11) is 2.89. The molecule has 4 rings (SSSR count). The normalized spacial score (nSPS) is 17.9. The molecular formula is C26H26FNO5. The average molecular weight is 451 g/mol. The molecule has 0 spiro atoms. The van der Waals surface area contributed by atoms with E-state index in [1.165, 1.54) is 19.2 Å². The summed E-state index contributed by atoms with van der Waals surface area (Å²) in [5.41, 5.74) is 4.13. The molecule has 6 nitrogen and oxygen atoms in total. The van der Waals surface area contributed by atoms with E-state index < -0.39 is 11.9 Å². The van der Waals surface area contributed by atoms with Gasteiger partial charge in [0.15, 0.2) is 5.78 Å². The number of halogens is 1. The molecule has 7 heteroatoms. The minimum atomic E-state index is -0.539. The lowest BCUT2D eigenvalue weighted by atomic mass is 9.75. The zero-order valence-electron chi connectivity index (χ0n) is 18.9. The largest absolute Gasteiger partial charge is 0.496 e. The predicted molar refractivity (Wildman–Crippen MR) is 120 cm³/mol. The molecule has 0 fully saturated rings. The molecule has 1 aliphatic heterocycles. The Morgan fingerprint density at radius 2 is 1.88 bits per heavy atom. The summed E-state index contributed by atoms with van der Waals surface area (Å²) in [5, 5.41) is 3.26. The summed E-state index contributed by atoms with van der Waals surface area (Å²) >= 11 is 0. The Kier molecular flexibility index (Phi) is 6.49. The van der Waals surface area contributed by atoms with Gasteiger partial charge in [-0.1, -0.05) is 12.1 Å². The average Bonchev–Trinajstić information content (AvgIpc) is 2.82. The molecule has 1 heterocycles. The van der Waals surface area contributed by atoms with Crippen LogP contribution in [0.25, 0.3) is 0 Å². The summed E-state index contributed by atoms with van der Waals surface area (Å²) in [6, 6.07) is 11.4. The number of nitrogens with one attached hydrogen (secondary N) is 1. The van der Waals surface area contributed by atoms with Crippen molar-refractivity contribution in [3.63, 3.8) is 0 Å². The maximum atomic E-state index is 13.1. The summed E-state index contributed by atoms with van der Waals surface area (Å²) in [4.78, 5) is 25.6. The quantitative estimate of drug-likeness (QED) is 0.650. The fourth-order valence-corrected chi connectivity index (χ4v) is 4.45. The molecule has 0 amide bonds. The maximum Gasteiger partial charge on any atom is 0.336 e. The van der Waals surface area contributed by atoms with Crippen LogP contribution < -0.4 is 14.8 Å². The monoisotopic (exact) mass is 451 g/mol. The summed E-state index contributed by atoms with van der Waals surface area (Å²) in [6.07, 6.45) is 1.98. The van der Waals surface area contributed by atoms with Crippen LogP contribution in [0.5, 0.6) is 11.5 Å². The van der Waals surface area contributed by atoms with Gasteiger partial charge in [0.25, 0.3) is 0 Å². The van der Waals surface area contributed by atoms with Crippen LogP contribution in [-0.4, -0.2) is 26.0 Å². The third-order valence-electron chi connectivity index (χ3n) is 6.03. The van der Waals surface area contributed by atoms with Crippen molar-refractivity contribution in [2.45, 2.75) is 38.7 Å². The summed E-state index contributed by atoms with van der Waals surface area (Å²) < 4.78 is 29.6. The van der Waals surface area contributed by atoms with Crippen LogP contribution in [0.4, 0.5) is 4.39 Å². The Labute approximate surface area is 192 Å². The van der Waals surface area contributed by atoms with Gasteiger partial charge in [0.05, 0.1) is 19.8 Å². The van der Waals surface area contributed by atoms with E-state index in [0.717, 1.165) is 29.7 Å². The molecule has 0 aromatic heterocycles. The van der Waals surface area contributed by atoms with Crippen LogP contribution in [0.2, 0.25) is 0 Å². The lowest BCUT2D eigenvalue weighted by Gasteiger charge is -2.34. The Morgan fingerprint density at radius 3 is 2.58 bits per heavy atom. The molecule has 0 radical (unpaired) electrons. The Balaban J connectivity index is 1.71. The van der Waals surface area contributed by atoms with E-state index in [1.54, 1.807) is 19.2 Å². The molecule has 0 saturated carbocycles. The molecule has 33 heavy (non-hydrogen) atoms. The molecule has 1 aliphatic carbocycles. The lowest BCUT2D eigenvalue weighted by Crippen LogP contribution is -2.34. The highest BCUT2D eigenvalue weighted by atomic mass is 19.1. The number of carbonyl (C=O) groups is 2. The molecule has 1 atom stereocenters. The van der Waals surface area contributed by atoms with Gasteiger partial charge in [-0.05, 0) is 55.7 Å². The van der Waals surface area contributed by atoms with Crippen LogP contribution in [-0.2, 0) is 20.9 Å². The van der Waals surface area contributed by atoms with Crippen LogP contribution >= 0.6 is 0 Å². The number of allylic oxidation sites excluding steroid dienone is 3. The fourth-order valence-electron chi connectivity index (χ4n) is 4.45. The van der Waals surface area contributed by atoms with Crippen molar-refractivity contribution in [2.24, 2.45) is 0 Å². The first-order valence-corrected chi connectivity index (χ1v) is 10.8. The first-order valence-electron chi connectivity index (χ1n) is 10.8. The first-order chi connectivity index (χ1) is 15.9. The highest BCUT2D eigenvalue weighted by Crippen LogP contribution is 2.43. The third kappa shape index (κ3) is 4.49. The van der Waals surface area contributed by atoms with Crippen LogP contribution in [0.3, 0.4) is 0 Å². The maximum absolute atomic E-state index is 13.1. The highest BCUT2D eigenvalue weighted by molar-refractivity contribution is 6.03. The van der Waals surface area contributed by atoms with Gasteiger partial charge in [0.2, 0.25) is 0 Å². The van der Waals surface area contributed by atoms with Crippen LogP contribution in [0.1, 0.15) is 43.2 Å². The van der Waals surface area contributed by atoms with Gasteiger partial charge < -0.3 is 19.5 Å². The van der Waals surface area contributed by atoms with E-state index in [4.69, 9.17) is 14.2 Å². The zero-order valence-corrected chi connectivity index (χ0v) is 18.9. The van der Waals surface area contributed by atoms with Crippen molar-refractivity contribution in [1.82, 2.24) is 5.32 Å². The van der Waals surface area contributed by atoms with Gasteiger partial charge >= 0.3 is 5.97 Å². The number of ether oxygens (including phenoxy) is 3. The van der Waals surface area contributed by atoms with Gasteiger partial charge in [0, 0.05) is 34.9 Å². The smallest absolute Gasteiger partial charge is 0.336 e. The van der Waals surface area contributed by atoms with E-state index in [1.807, 2.05) is 25.1 Å². The fraction of sp³-hybridized carbons (Fsp3) is 0.308. The standard InChI is InChI=1S/C26H26FNO5/c1-15-23(26(30)32-3)24(25-20(28-15)5-4-6-21(25)29)16-7-8-17(22(13-16)31-2)14-33-19-11-9-18(27)10-12-19/h7-13,24,28H,4-6,14H2,1-3H3/t24-/m1/s1. The van der Waals surface area contributed by atoms with Crippen molar-refractivity contribution in [3.05, 3.63) is 81.9 Å². The molecule has 172 valence electrons. The minimum absolute atomic E-state index is 0.0327. The topological polar surface area (TPSA) is 73.9 Å². The second-order valence-corrected chi connectivity index (χ2v) is 8.07. The molecule has 2 aromatic carbocycles. The molecule has 1 N–H and O–H groups in total. The van der Waals surface area contributed by atoms with Gasteiger partial charge in [0.1, 0.15) is 23.9 Å². The van der Waals surface area contributed by atoms with E-state index in [9.17, 15) is 14.0 Å². The van der Waals surface area contributed by atoms with E-state index in [2.05, 4.69) is 5.32 Å². The SMILES string of the molecule is COC(=O)C1=C(C)NC2=C(C(=O)CCC2)[C@@H]1c1ccc(COc2ccc(F)cc2)c(OC)c1. The first kappa shape index (κ1) is 22.6. The predicted octanol–water partition coefficient (Wildman–Crippen LogP) is 4.55. The second-order valence-electron chi connectivity index (χ2n) is 8.07. The number of Topliss-reactive ketones (excluding diaryl/α,β-unsaturated/α-hetero) is 1. The van der Waals surface area contributed by atoms with E-state index >= 15 is 0 Å². The molecule has 0 unspecified atom stereocenters. The molecule has 2 aliphatic rings. The number of carbonyl (C=O) groups excluding carboxylic acids is 2. The number of dihydropyridines is 1. The Bertz CT molecular complexity index is 1150. The van der Waals surface area contributed by atoms with Crippen LogP contribution in [0, 0.1) is 5.82 Å². The van der Waals surface area contributed by atoms with Gasteiger partial charge in [-0.3, -0.25) is 4.79 Å². The van der Waals surface area contributed by atoms with Crippen molar-refractivity contribution in [2.75, 3.05) is 14.2 Å². The zero-order chi connectivity index (χ0) is 23.5. The van der Waals surface area contributed by atoms with Crippen molar-refractivity contribution in [1.29, 1.82) is 0 Å². The Hall–Kier alpha value is -3.61. The van der Waals surface area contributed by atoms with Crippen molar-refractivity contribution in [3.8, 4) is 11.5 Å². The Morgan fingerprint density at radius 1 is 1.12 bits per heavy atom. The van der Waals surface area contributed by atoms with Crippen molar-refractivity contribution >= 4 is 11.8 Å². The molecular weight excluding hydrogens is 425 g/mol. The number of benzene rings is 2. The number of ketones is 1.